The SMILES string of the molecule is Cl.Cn1cc(Cl)cc1C(=O)NCC1CCNC1. The number of hydrogen-bond acceptors (Lipinski definition) is 2. The van der Waals surface area contributed by atoms with Gasteiger partial charge in [0.05, 0.1) is 5.02 Å². The van der Waals surface area contributed by atoms with E-state index in [-0.39, 0.29) is 18.3 Å². The molecule has 0 saturated carbocycles. The first kappa shape index (κ1) is 14.4. The van der Waals surface area contributed by atoms with Crippen LogP contribution in [0.4, 0.5) is 0 Å². The molecule has 1 fully saturated rings. The van der Waals surface area contributed by atoms with Crippen LogP contribution in [-0.2, 0) is 7.05 Å². The molecule has 96 valence electrons. The van der Waals surface area contributed by atoms with Crippen LogP contribution in [0.3, 0.4) is 0 Å². The normalized spacial score (nSPS) is 18.8. The molecule has 1 aromatic heterocycles. The highest BCUT2D eigenvalue weighted by Crippen LogP contribution is 2.13. The first-order chi connectivity index (χ1) is 7.66. The molecule has 4 nitrogen and oxygen atoms in total. The maximum Gasteiger partial charge on any atom is 0.267 e. The Hall–Kier alpha value is -0.710. The van der Waals surface area contributed by atoms with Crippen molar-refractivity contribution in [1.82, 2.24) is 15.2 Å². The molecule has 0 bridgehead atoms. The lowest BCUT2D eigenvalue weighted by atomic mass is 10.1. The Balaban J connectivity index is 0.00000144. The zero-order valence-electron chi connectivity index (χ0n) is 9.70. The van der Waals surface area contributed by atoms with E-state index < -0.39 is 0 Å². The molecule has 2 heterocycles. The van der Waals surface area contributed by atoms with Crippen molar-refractivity contribution in [2.45, 2.75) is 6.42 Å². The Labute approximate surface area is 112 Å². The van der Waals surface area contributed by atoms with E-state index in [2.05, 4.69) is 10.6 Å². The molecule has 1 amide bonds. The highest BCUT2D eigenvalue weighted by molar-refractivity contribution is 6.31. The average Bonchev–Trinajstić information content (AvgIpc) is 2.84. The monoisotopic (exact) mass is 277 g/mol. The summed E-state index contributed by atoms with van der Waals surface area (Å²) in [5, 5.41) is 6.80. The Morgan fingerprint density at radius 2 is 2.47 bits per heavy atom. The Morgan fingerprint density at radius 3 is 3.00 bits per heavy atom. The fourth-order valence-corrected chi connectivity index (χ4v) is 2.22. The molecule has 0 radical (unpaired) electrons. The highest BCUT2D eigenvalue weighted by atomic mass is 35.5. The van der Waals surface area contributed by atoms with Gasteiger partial charge in [0, 0.05) is 19.8 Å². The molecule has 6 heteroatoms. The number of nitrogens with one attached hydrogen (secondary N) is 2. The van der Waals surface area contributed by atoms with Gasteiger partial charge in [-0.3, -0.25) is 4.79 Å². The van der Waals surface area contributed by atoms with Crippen LogP contribution in [0.15, 0.2) is 12.3 Å². The van der Waals surface area contributed by atoms with Crippen molar-refractivity contribution in [3.05, 3.63) is 23.0 Å². The van der Waals surface area contributed by atoms with Gasteiger partial charge in [-0.05, 0) is 31.5 Å². The van der Waals surface area contributed by atoms with Gasteiger partial charge >= 0.3 is 0 Å². The summed E-state index contributed by atoms with van der Waals surface area (Å²) in [7, 11) is 1.82. The molecule has 1 unspecified atom stereocenters. The van der Waals surface area contributed by atoms with Crippen LogP contribution in [0.25, 0.3) is 0 Å². The largest absolute Gasteiger partial charge is 0.350 e. The van der Waals surface area contributed by atoms with E-state index >= 15 is 0 Å². The Kier molecular flexibility index (Phi) is 5.31. The van der Waals surface area contributed by atoms with Crippen LogP contribution >= 0.6 is 24.0 Å². The van der Waals surface area contributed by atoms with Crippen molar-refractivity contribution in [2.24, 2.45) is 13.0 Å². The Bertz CT molecular complexity index is 386. The maximum atomic E-state index is 11.8. The van der Waals surface area contributed by atoms with Crippen LogP contribution in [0.5, 0.6) is 0 Å². The third-order valence-corrected chi connectivity index (χ3v) is 3.12. The third kappa shape index (κ3) is 3.63. The van der Waals surface area contributed by atoms with E-state index in [1.807, 2.05) is 7.05 Å². The number of nitrogens with zero attached hydrogens (tertiary/aromatic N) is 1. The van der Waals surface area contributed by atoms with Crippen molar-refractivity contribution in [2.75, 3.05) is 19.6 Å². The van der Waals surface area contributed by atoms with E-state index in [1.165, 1.54) is 0 Å². The van der Waals surface area contributed by atoms with Crippen molar-refractivity contribution >= 4 is 29.9 Å². The van der Waals surface area contributed by atoms with Crippen molar-refractivity contribution < 1.29 is 4.79 Å². The molecule has 0 aromatic carbocycles. The molecular weight excluding hydrogens is 261 g/mol. The molecule has 2 rings (SSSR count). The molecule has 2 N–H and O–H groups in total. The number of aromatic nitrogens is 1. The van der Waals surface area contributed by atoms with E-state index in [0.717, 1.165) is 26.1 Å². The fraction of sp³-hybridized carbons (Fsp3) is 0.545. The van der Waals surface area contributed by atoms with Crippen molar-refractivity contribution in [3.8, 4) is 0 Å². The summed E-state index contributed by atoms with van der Waals surface area (Å²) in [4.78, 5) is 11.8. The number of rotatable bonds is 3. The lowest BCUT2D eigenvalue weighted by Gasteiger charge is -2.10. The molecule has 17 heavy (non-hydrogen) atoms. The number of hydrogen-bond donors (Lipinski definition) is 2. The summed E-state index contributed by atoms with van der Waals surface area (Å²) >= 11 is 5.83. The van der Waals surface area contributed by atoms with Gasteiger partial charge in [-0.25, -0.2) is 0 Å². The van der Waals surface area contributed by atoms with Gasteiger partial charge in [0.15, 0.2) is 0 Å². The van der Waals surface area contributed by atoms with Gasteiger partial charge in [-0.1, -0.05) is 11.6 Å². The van der Waals surface area contributed by atoms with E-state index in [0.29, 0.717) is 16.6 Å². The number of halogens is 2. The lowest BCUT2D eigenvalue weighted by Crippen LogP contribution is -2.31. The molecule has 1 aliphatic heterocycles. The summed E-state index contributed by atoms with van der Waals surface area (Å²) in [5.74, 6) is 0.501. The summed E-state index contributed by atoms with van der Waals surface area (Å²) < 4.78 is 1.74. The molecule has 1 atom stereocenters. The molecular formula is C11H17Cl2N3O. The molecule has 1 aliphatic rings. The maximum absolute atomic E-state index is 11.8. The second-order valence-corrected chi connectivity index (χ2v) is 4.66. The van der Waals surface area contributed by atoms with E-state index in [9.17, 15) is 4.79 Å². The van der Waals surface area contributed by atoms with Gasteiger partial charge < -0.3 is 15.2 Å². The zero-order valence-corrected chi connectivity index (χ0v) is 11.3. The van der Waals surface area contributed by atoms with Gasteiger partial charge in [0.1, 0.15) is 5.69 Å². The quantitative estimate of drug-likeness (QED) is 0.879. The second-order valence-electron chi connectivity index (χ2n) is 4.22. The standard InChI is InChI=1S/C11H16ClN3O.ClH/c1-15-7-9(12)4-10(15)11(16)14-6-8-2-3-13-5-8;/h4,7-8,13H,2-3,5-6H2,1H3,(H,14,16);1H. The van der Waals surface area contributed by atoms with E-state index in [4.69, 9.17) is 11.6 Å². The van der Waals surface area contributed by atoms with Crippen LogP contribution < -0.4 is 10.6 Å². The number of carbonyl (C=O) groups excluding carboxylic acids is 1. The first-order valence-electron chi connectivity index (χ1n) is 5.47. The summed E-state index contributed by atoms with van der Waals surface area (Å²) in [5.41, 5.74) is 0.607. The second kappa shape index (κ2) is 6.28. The molecule has 1 saturated heterocycles. The minimum atomic E-state index is -0.0544. The average molecular weight is 278 g/mol. The van der Waals surface area contributed by atoms with Gasteiger partial charge in [0.25, 0.3) is 5.91 Å². The van der Waals surface area contributed by atoms with Crippen molar-refractivity contribution in [1.29, 1.82) is 0 Å². The zero-order chi connectivity index (χ0) is 11.5. The van der Waals surface area contributed by atoms with Gasteiger partial charge in [-0.2, -0.15) is 0 Å². The lowest BCUT2D eigenvalue weighted by molar-refractivity contribution is 0.0940. The van der Waals surface area contributed by atoms with Crippen LogP contribution in [-0.4, -0.2) is 30.1 Å². The van der Waals surface area contributed by atoms with Crippen LogP contribution in [0.2, 0.25) is 5.02 Å². The fourth-order valence-electron chi connectivity index (χ4n) is 1.97. The molecule has 0 spiro atoms. The minimum absolute atomic E-state index is 0. The van der Waals surface area contributed by atoms with Crippen molar-refractivity contribution in [3.63, 3.8) is 0 Å². The summed E-state index contributed by atoms with van der Waals surface area (Å²) in [6.07, 6.45) is 2.86. The van der Waals surface area contributed by atoms with Crippen LogP contribution in [0, 0.1) is 5.92 Å². The van der Waals surface area contributed by atoms with E-state index in [1.54, 1.807) is 16.8 Å². The summed E-state index contributed by atoms with van der Waals surface area (Å²) in [6, 6.07) is 1.68. The number of aryl methyl sites for hydroxylation is 1. The Morgan fingerprint density at radius 1 is 1.71 bits per heavy atom. The minimum Gasteiger partial charge on any atom is -0.350 e. The molecule has 0 aliphatic carbocycles. The van der Waals surface area contributed by atoms with Gasteiger partial charge in [-0.15, -0.1) is 12.4 Å². The topological polar surface area (TPSA) is 46.1 Å². The van der Waals surface area contributed by atoms with Crippen LogP contribution in [0.1, 0.15) is 16.9 Å². The third-order valence-electron chi connectivity index (χ3n) is 2.92. The number of amides is 1. The number of carbonyl (C=O) groups is 1. The predicted octanol–water partition coefficient (Wildman–Crippen LogP) is 1.44. The summed E-state index contributed by atoms with van der Waals surface area (Å²) in [6.45, 7) is 2.78. The molecule has 1 aromatic rings. The first-order valence-corrected chi connectivity index (χ1v) is 5.85. The highest BCUT2D eigenvalue weighted by Gasteiger charge is 2.17. The van der Waals surface area contributed by atoms with Gasteiger partial charge in [0.2, 0.25) is 0 Å². The predicted molar refractivity (Wildman–Crippen MR) is 71.0 cm³/mol. The smallest absolute Gasteiger partial charge is 0.267 e.